The highest BCUT2D eigenvalue weighted by molar-refractivity contribution is 7.26. The van der Waals surface area contributed by atoms with Gasteiger partial charge in [0.05, 0.1) is 11.3 Å². The second kappa shape index (κ2) is 9.66. The van der Waals surface area contributed by atoms with Crippen LogP contribution in [-0.4, -0.2) is 24.9 Å². The van der Waals surface area contributed by atoms with Crippen molar-refractivity contribution in [2.75, 3.05) is 6.61 Å². The van der Waals surface area contributed by atoms with Crippen LogP contribution in [-0.2, 0) is 20.7 Å². The lowest BCUT2D eigenvalue weighted by Gasteiger charge is -2.14. The number of carbonyl (C=O) groups excluding carboxylic acids is 2. The Hall–Kier alpha value is -3.33. The number of rotatable bonds is 8. The van der Waals surface area contributed by atoms with E-state index in [2.05, 4.69) is 17.9 Å². The molecule has 5 nitrogen and oxygen atoms in total. The Balaban J connectivity index is 1.93. The first kappa shape index (κ1) is 24.3. The molecule has 0 spiro atoms. The zero-order chi connectivity index (χ0) is 24.3. The minimum absolute atomic E-state index is 0.0444. The first-order valence-corrected chi connectivity index (χ1v) is 10.7. The Morgan fingerprint density at radius 1 is 1.00 bits per heavy atom. The first-order chi connectivity index (χ1) is 15.5. The van der Waals surface area contributed by atoms with E-state index in [-0.39, 0.29) is 22.6 Å². The van der Waals surface area contributed by atoms with Crippen molar-refractivity contribution in [1.82, 2.24) is 0 Å². The molecule has 0 fully saturated rings. The predicted octanol–water partition coefficient (Wildman–Crippen LogP) is 6.49. The highest BCUT2D eigenvalue weighted by Gasteiger charge is 2.34. The molecule has 0 amide bonds. The van der Waals surface area contributed by atoms with Crippen LogP contribution in [0.4, 0.5) is 13.2 Å². The maximum atomic E-state index is 13.1. The number of alkyl halides is 3. The SMILES string of the molecule is C=C(C)C(=O)OCCCc1ccc2c(c1)sc1c(OC(F)(F)F)c(OC(=O)C(=C)C)ccc12. The highest BCUT2D eigenvalue weighted by atomic mass is 32.1. The van der Waals surface area contributed by atoms with Crippen LogP contribution in [0, 0.1) is 0 Å². The van der Waals surface area contributed by atoms with Crippen LogP contribution in [0.25, 0.3) is 20.2 Å². The Morgan fingerprint density at radius 3 is 2.30 bits per heavy atom. The van der Waals surface area contributed by atoms with E-state index in [0.717, 1.165) is 27.0 Å². The molecule has 0 aliphatic rings. The lowest BCUT2D eigenvalue weighted by Crippen LogP contribution is -2.18. The zero-order valence-electron chi connectivity index (χ0n) is 18.0. The fraction of sp³-hybridized carbons (Fsp3) is 0.250. The number of esters is 2. The summed E-state index contributed by atoms with van der Waals surface area (Å²) in [5, 5.41) is 1.29. The number of fused-ring (bicyclic) bond motifs is 3. The van der Waals surface area contributed by atoms with Crippen molar-refractivity contribution < 1.29 is 37.0 Å². The van der Waals surface area contributed by atoms with E-state index in [1.807, 2.05) is 18.2 Å². The van der Waals surface area contributed by atoms with Gasteiger partial charge in [0.1, 0.15) is 0 Å². The first-order valence-electron chi connectivity index (χ1n) is 9.90. The minimum atomic E-state index is -4.97. The summed E-state index contributed by atoms with van der Waals surface area (Å²) in [7, 11) is 0. The van der Waals surface area contributed by atoms with Gasteiger partial charge in [0, 0.05) is 26.6 Å². The molecule has 1 heterocycles. The van der Waals surface area contributed by atoms with Gasteiger partial charge in [0.2, 0.25) is 0 Å². The van der Waals surface area contributed by atoms with Crippen LogP contribution in [0.1, 0.15) is 25.8 Å². The quantitative estimate of drug-likeness (QED) is 0.160. The number of aryl methyl sites for hydroxylation is 1. The van der Waals surface area contributed by atoms with Gasteiger partial charge in [-0.15, -0.1) is 24.5 Å². The molecule has 0 N–H and O–H groups in total. The number of carbonyl (C=O) groups is 2. The average Bonchev–Trinajstić information content (AvgIpc) is 3.09. The van der Waals surface area contributed by atoms with Crippen molar-refractivity contribution in [3.8, 4) is 11.5 Å². The normalized spacial score (nSPS) is 11.4. The summed E-state index contributed by atoms with van der Waals surface area (Å²) in [5.41, 5.74) is 1.31. The highest BCUT2D eigenvalue weighted by Crippen LogP contribution is 2.46. The predicted molar refractivity (Wildman–Crippen MR) is 121 cm³/mol. The Labute approximate surface area is 192 Å². The number of thiophene rings is 1. The standard InChI is InChI=1S/C24H21F3O5S/c1-13(2)22(28)30-11-5-6-15-7-8-16-17-9-10-18(31-23(29)14(3)4)20(32-24(25,26)27)21(17)33-19(16)12-15/h7-10,12H,1,3,5-6,11H2,2,4H3. The van der Waals surface area contributed by atoms with Crippen LogP contribution in [0.5, 0.6) is 11.5 Å². The lowest BCUT2D eigenvalue weighted by molar-refractivity contribution is -0.274. The van der Waals surface area contributed by atoms with Gasteiger partial charge in [-0.05, 0) is 50.5 Å². The van der Waals surface area contributed by atoms with Crippen molar-refractivity contribution in [2.45, 2.75) is 33.1 Å². The van der Waals surface area contributed by atoms with E-state index in [1.54, 1.807) is 13.0 Å². The molecule has 0 saturated carbocycles. The van der Waals surface area contributed by atoms with E-state index >= 15 is 0 Å². The van der Waals surface area contributed by atoms with Gasteiger partial charge in [-0.2, -0.15) is 0 Å². The van der Waals surface area contributed by atoms with Crippen LogP contribution in [0.2, 0.25) is 0 Å². The number of hydrogen-bond acceptors (Lipinski definition) is 6. The van der Waals surface area contributed by atoms with Crippen molar-refractivity contribution in [3.63, 3.8) is 0 Å². The molecule has 0 bridgehead atoms. The van der Waals surface area contributed by atoms with E-state index in [9.17, 15) is 22.8 Å². The van der Waals surface area contributed by atoms with E-state index in [4.69, 9.17) is 9.47 Å². The van der Waals surface area contributed by atoms with Gasteiger partial charge in [0.15, 0.2) is 11.5 Å². The summed E-state index contributed by atoms with van der Waals surface area (Å²) in [5.74, 6) is -2.20. The molecule has 3 aromatic rings. The van der Waals surface area contributed by atoms with Gasteiger partial charge in [-0.1, -0.05) is 25.3 Å². The molecule has 1 aromatic heterocycles. The molecule has 0 unspecified atom stereocenters. The smallest absolute Gasteiger partial charge is 0.462 e. The van der Waals surface area contributed by atoms with Gasteiger partial charge in [0.25, 0.3) is 0 Å². The van der Waals surface area contributed by atoms with Gasteiger partial charge in [-0.25, -0.2) is 9.59 Å². The second-order valence-corrected chi connectivity index (χ2v) is 8.49. The third-order valence-electron chi connectivity index (χ3n) is 4.58. The average molecular weight is 478 g/mol. The molecule has 33 heavy (non-hydrogen) atoms. The van der Waals surface area contributed by atoms with Crippen LogP contribution in [0.3, 0.4) is 0 Å². The Kier molecular flexibility index (Phi) is 7.12. The van der Waals surface area contributed by atoms with Crippen molar-refractivity contribution in [1.29, 1.82) is 0 Å². The summed E-state index contributed by atoms with van der Waals surface area (Å²) in [4.78, 5) is 23.3. The largest absolute Gasteiger partial charge is 0.573 e. The molecule has 174 valence electrons. The molecule has 2 aromatic carbocycles. The molecule has 0 atom stereocenters. The van der Waals surface area contributed by atoms with Crippen molar-refractivity contribution in [2.24, 2.45) is 0 Å². The van der Waals surface area contributed by atoms with E-state index in [1.165, 1.54) is 13.0 Å². The topological polar surface area (TPSA) is 61.8 Å². The summed E-state index contributed by atoms with van der Waals surface area (Å²) in [6, 6.07) is 8.43. The lowest BCUT2D eigenvalue weighted by atomic mass is 10.1. The summed E-state index contributed by atoms with van der Waals surface area (Å²) < 4.78 is 54.8. The Morgan fingerprint density at radius 2 is 1.67 bits per heavy atom. The number of hydrogen-bond donors (Lipinski definition) is 0. The van der Waals surface area contributed by atoms with E-state index < -0.39 is 24.1 Å². The summed E-state index contributed by atoms with van der Waals surface area (Å²) in [6.45, 7) is 10.2. The van der Waals surface area contributed by atoms with Crippen molar-refractivity contribution >= 4 is 43.4 Å². The maximum Gasteiger partial charge on any atom is 0.573 e. The van der Waals surface area contributed by atoms with Crippen molar-refractivity contribution in [3.05, 3.63) is 60.2 Å². The monoisotopic (exact) mass is 478 g/mol. The van der Waals surface area contributed by atoms with Gasteiger partial charge < -0.3 is 14.2 Å². The Bertz CT molecular complexity index is 1260. The molecular weight excluding hydrogens is 457 g/mol. The maximum absolute atomic E-state index is 13.1. The second-order valence-electron chi connectivity index (χ2n) is 7.44. The van der Waals surface area contributed by atoms with Gasteiger partial charge >= 0.3 is 18.3 Å². The van der Waals surface area contributed by atoms with Crippen LogP contribution < -0.4 is 9.47 Å². The fourth-order valence-electron chi connectivity index (χ4n) is 3.04. The summed E-state index contributed by atoms with van der Waals surface area (Å²) >= 11 is 1.11. The molecule has 0 saturated heterocycles. The van der Waals surface area contributed by atoms with E-state index in [0.29, 0.717) is 23.8 Å². The van der Waals surface area contributed by atoms with Crippen LogP contribution >= 0.6 is 11.3 Å². The number of ether oxygens (including phenoxy) is 3. The summed E-state index contributed by atoms with van der Waals surface area (Å²) in [6.07, 6.45) is -3.78. The molecule has 0 aliphatic heterocycles. The molecular formula is C24H21F3O5S. The number of halogens is 3. The molecule has 3 rings (SSSR count). The minimum Gasteiger partial charge on any atom is -0.462 e. The zero-order valence-corrected chi connectivity index (χ0v) is 18.8. The fourth-order valence-corrected chi connectivity index (χ4v) is 4.28. The third-order valence-corrected chi connectivity index (χ3v) is 5.75. The molecule has 0 radical (unpaired) electrons. The number of benzene rings is 2. The third kappa shape index (κ3) is 5.92. The van der Waals surface area contributed by atoms with Gasteiger partial charge in [-0.3, -0.25) is 0 Å². The van der Waals surface area contributed by atoms with Crippen LogP contribution in [0.15, 0.2) is 54.6 Å². The molecule has 0 aliphatic carbocycles. The molecule has 9 heteroatoms.